The van der Waals surface area contributed by atoms with Crippen molar-refractivity contribution in [3.05, 3.63) is 104 Å². The number of hydrogen-bond donors (Lipinski definition) is 1. The number of halogens is 12. The van der Waals surface area contributed by atoms with Gasteiger partial charge >= 0.3 is 24.7 Å². The summed E-state index contributed by atoms with van der Waals surface area (Å²) in [4.78, 5) is 19.7. The molecule has 0 spiro atoms. The minimum atomic E-state index is -5.12. The van der Waals surface area contributed by atoms with E-state index in [9.17, 15) is 62.8 Å². The molecule has 2 N–H and O–H groups in total. The van der Waals surface area contributed by atoms with Gasteiger partial charge in [-0.1, -0.05) is 16.4 Å². The third-order valence-electron chi connectivity index (χ3n) is 8.87. The number of nitro groups is 1. The van der Waals surface area contributed by atoms with Gasteiger partial charge in [-0.25, -0.2) is 0 Å². The summed E-state index contributed by atoms with van der Waals surface area (Å²) < 4.78 is 162. The van der Waals surface area contributed by atoms with Crippen LogP contribution in [0.2, 0.25) is 0 Å². The lowest BCUT2D eigenvalue weighted by Gasteiger charge is -2.28. The Bertz CT molecular complexity index is 2240. The molecule has 56 heavy (non-hydrogen) atoms. The summed E-state index contributed by atoms with van der Waals surface area (Å²) in [6.07, 6.45) is -21.7. The predicted molar refractivity (Wildman–Crippen MR) is 170 cm³/mol. The number of benzene rings is 2. The summed E-state index contributed by atoms with van der Waals surface area (Å²) in [6.45, 7) is 3.06. The highest BCUT2D eigenvalue weighted by atomic mass is 19.4. The molecule has 0 saturated heterocycles. The molecule has 0 fully saturated rings. The zero-order chi connectivity index (χ0) is 42.0. The first-order chi connectivity index (χ1) is 25.6. The second-order valence-electron chi connectivity index (χ2n) is 12.7. The Kier molecular flexibility index (Phi) is 10.1. The van der Waals surface area contributed by atoms with Crippen LogP contribution in [0.1, 0.15) is 57.9 Å². The number of aryl methyl sites for hydroxylation is 4. The Labute approximate surface area is 306 Å². The second-order valence-corrected chi connectivity index (χ2v) is 12.7. The molecule has 2 atom stereocenters. The fourth-order valence-corrected chi connectivity index (χ4v) is 5.91. The number of rotatable bonds is 5. The van der Waals surface area contributed by atoms with Crippen molar-refractivity contribution in [3.8, 4) is 0 Å². The Balaban J connectivity index is 0.000000215. The van der Waals surface area contributed by atoms with Crippen molar-refractivity contribution < 1.29 is 67.3 Å². The molecule has 2 aliphatic heterocycles. The number of nitrogen functional groups attached to an aromatic ring is 1. The molecule has 4 aromatic rings. The number of alkyl halides is 12. The van der Waals surface area contributed by atoms with Gasteiger partial charge in [-0.3, -0.25) is 19.5 Å². The van der Waals surface area contributed by atoms with Crippen LogP contribution >= 0.6 is 0 Å². The summed E-state index contributed by atoms with van der Waals surface area (Å²) in [5.74, 6) is 0. The number of hydrogen-bond acceptors (Lipinski definition) is 9. The minimum absolute atomic E-state index is 0.0508. The molecule has 302 valence electrons. The molecule has 4 heterocycles. The smallest absolute Gasteiger partial charge is 0.399 e. The molecule has 0 bridgehead atoms. The van der Waals surface area contributed by atoms with Gasteiger partial charge < -0.3 is 15.4 Å². The molecule has 2 aromatic carbocycles. The summed E-state index contributed by atoms with van der Waals surface area (Å²) >= 11 is 0. The molecule has 0 amide bonds. The van der Waals surface area contributed by atoms with Crippen LogP contribution in [-0.2, 0) is 47.3 Å². The maximum absolute atomic E-state index is 13.9. The molecule has 0 aliphatic carbocycles. The lowest BCUT2D eigenvalue weighted by atomic mass is 9.89. The number of anilines is 1. The first kappa shape index (κ1) is 41.3. The van der Waals surface area contributed by atoms with Gasteiger partial charge in [0.25, 0.3) is 16.9 Å². The normalized spacial score (nSPS) is 20.1. The molecular formula is C32H26F12N8O4. The molecular weight excluding hydrogens is 788 g/mol. The second kappa shape index (κ2) is 13.7. The topological polar surface area (TPSA) is 148 Å². The van der Waals surface area contributed by atoms with Crippen molar-refractivity contribution in [3.63, 3.8) is 0 Å². The number of oxime groups is 2. The van der Waals surface area contributed by atoms with Crippen LogP contribution in [0, 0.1) is 24.0 Å². The van der Waals surface area contributed by atoms with Crippen LogP contribution in [0.15, 0.2) is 58.8 Å². The van der Waals surface area contributed by atoms with Gasteiger partial charge in [0.2, 0.25) is 0 Å². The van der Waals surface area contributed by atoms with Crippen molar-refractivity contribution in [1.82, 2.24) is 19.6 Å². The Morgan fingerprint density at radius 3 is 1.39 bits per heavy atom. The van der Waals surface area contributed by atoms with Crippen molar-refractivity contribution in [2.45, 2.75) is 62.6 Å². The Morgan fingerprint density at radius 1 is 0.679 bits per heavy atom. The molecule has 2 aliphatic rings. The Morgan fingerprint density at radius 2 is 1.07 bits per heavy atom. The maximum Gasteiger partial charge on any atom is 0.437 e. The van der Waals surface area contributed by atoms with E-state index in [0.29, 0.717) is 32.2 Å². The number of nitrogens with zero attached hydrogens (tertiary/aromatic N) is 7. The summed E-state index contributed by atoms with van der Waals surface area (Å²) in [5.41, 5.74) is -3.93. The summed E-state index contributed by atoms with van der Waals surface area (Å²) in [5, 5.41) is 24.1. The summed E-state index contributed by atoms with van der Waals surface area (Å²) in [6, 6.07) is 8.68. The standard InChI is InChI=1S/C16H12F6N4O3.C16H14F6N4O/c1-8-5-9(3-4-11(8)26(27)28)10-7-14(29-24-10,16(20,21)22)13-6-12(15(17,18)19)23-25(13)2;1-8-5-9(3-4-10(8)23)11-7-14(27-25-11,16(20,21)22)13-6-12(15(17,18)19)24-26(13)2/h3-6H,7H2,1-2H3;3-6H,7,23H2,1-2H3. The lowest BCUT2D eigenvalue weighted by Crippen LogP contribution is -2.44. The number of aromatic nitrogens is 4. The van der Waals surface area contributed by atoms with Crippen LogP contribution in [0.4, 0.5) is 64.1 Å². The predicted octanol–water partition coefficient (Wildman–Crippen LogP) is 8.15. The average Bonchev–Trinajstić information content (AvgIpc) is 3.86. The van der Waals surface area contributed by atoms with E-state index in [1.807, 2.05) is 0 Å². The quantitative estimate of drug-likeness (QED) is 0.0926. The molecule has 24 heteroatoms. The van der Waals surface area contributed by atoms with Gasteiger partial charge in [0.1, 0.15) is 0 Å². The first-order valence-corrected chi connectivity index (χ1v) is 15.6. The van der Waals surface area contributed by atoms with Gasteiger partial charge in [0.05, 0.1) is 40.6 Å². The highest BCUT2D eigenvalue weighted by Crippen LogP contribution is 2.51. The van der Waals surface area contributed by atoms with Crippen LogP contribution < -0.4 is 5.73 Å². The van der Waals surface area contributed by atoms with E-state index in [2.05, 4.69) is 25.3 Å². The van der Waals surface area contributed by atoms with Gasteiger partial charge in [0.15, 0.2) is 11.4 Å². The minimum Gasteiger partial charge on any atom is -0.399 e. The van der Waals surface area contributed by atoms with Gasteiger partial charge in [0, 0.05) is 37.0 Å². The van der Waals surface area contributed by atoms with E-state index in [-0.39, 0.29) is 34.3 Å². The fraction of sp³-hybridized carbons (Fsp3) is 0.375. The average molecular weight is 815 g/mol. The van der Waals surface area contributed by atoms with Gasteiger partial charge in [-0.2, -0.15) is 62.9 Å². The van der Waals surface area contributed by atoms with Crippen LogP contribution in [0.25, 0.3) is 0 Å². The highest BCUT2D eigenvalue weighted by molar-refractivity contribution is 6.03. The third-order valence-corrected chi connectivity index (χ3v) is 8.87. The van der Waals surface area contributed by atoms with Crippen LogP contribution in [0.3, 0.4) is 0 Å². The number of nitrogens with two attached hydrogens (primary N) is 1. The van der Waals surface area contributed by atoms with E-state index in [4.69, 9.17) is 10.6 Å². The van der Waals surface area contributed by atoms with Gasteiger partial charge in [-0.15, -0.1) is 0 Å². The SMILES string of the molecule is Cc1cc(C2=NOC(c3cc(C(F)(F)F)nn3C)(C(F)(F)F)C2)ccc1N.Cc1cc(C2=NOC(c3cc(C(F)(F)F)nn3C)(C(F)(F)F)C2)ccc1[N+](=O)[O-]. The van der Waals surface area contributed by atoms with E-state index in [1.54, 1.807) is 6.92 Å². The molecule has 2 aromatic heterocycles. The number of nitro benzene ring substituents is 1. The molecule has 12 nitrogen and oxygen atoms in total. The van der Waals surface area contributed by atoms with Crippen LogP contribution in [0.5, 0.6) is 0 Å². The van der Waals surface area contributed by atoms with Crippen LogP contribution in [-0.4, -0.2) is 48.3 Å². The van der Waals surface area contributed by atoms with Gasteiger partial charge in [-0.05, 0) is 61.4 Å². The molecule has 0 radical (unpaired) electrons. The fourth-order valence-electron chi connectivity index (χ4n) is 5.91. The van der Waals surface area contributed by atoms with E-state index < -0.39 is 76.4 Å². The third kappa shape index (κ3) is 7.42. The first-order valence-electron chi connectivity index (χ1n) is 15.6. The molecule has 2 unspecified atom stereocenters. The molecule has 0 saturated carbocycles. The maximum atomic E-state index is 13.9. The summed E-state index contributed by atoms with van der Waals surface area (Å²) in [7, 11) is 1.93. The largest absolute Gasteiger partial charge is 0.437 e. The van der Waals surface area contributed by atoms with E-state index >= 15 is 0 Å². The zero-order valence-electron chi connectivity index (χ0n) is 28.9. The van der Waals surface area contributed by atoms with Crippen molar-refractivity contribution in [2.24, 2.45) is 24.4 Å². The van der Waals surface area contributed by atoms with Crippen molar-refractivity contribution in [2.75, 3.05) is 5.73 Å². The molecule has 6 rings (SSSR count). The Hall–Kier alpha value is -5.84. The van der Waals surface area contributed by atoms with Crippen molar-refractivity contribution >= 4 is 22.8 Å². The lowest BCUT2D eigenvalue weighted by molar-refractivity contribution is -0.385. The van der Waals surface area contributed by atoms with E-state index in [1.165, 1.54) is 37.3 Å². The van der Waals surface area contributed by atoms with Crippen molar-refractivity contribution in [1.29, 1.82) is 0 Å². The highest BCUT2D eigenvalue weighted by Gasteiger charge is 2.65. The zero-order valence-corrected chi connectivity index (χ0v) is 28.9. The van der Waals surface area contributed by atoms with E-state index in [0.717, 1.165) is 20.2 Å². The monoisotopic (exact) mass is 814 g/mol.